The molecule has 0 bridgehead atoms. The monoisotopic (exact) mass is 242 g/mol. The van der Waals surface area contributed by atoms with E-state index in [-0.39, 0.29) is 18.0 Å². The Morgan fingerprint density at radius 2 is 2.06 bits per heavy atom. The molecule has 2 rings (SSSR count). The van der Waals surface area contributed by atoms with E-state index in [1.165, 1.54) is 11.1 Å². The van der Waals surface area contributed by atoms with Gasteiger partial charge in [0.1, 0.15) is 6.61 Å². The number of hydrogen-bond donors (Lipinski definition) is 0. The van der Waals surface area contributed by atoms with E-state index >= 15 is 0 Å². The number of carbonyl (C=O) groups is 1. The number of ketones is 1. The topological polar surface area (TPSA) is 26.3 Å². The molecule has 1 unspecified atom stereocenters. The summed E-state index contributed by atoms with van der Waals surface area (Å²) in [7, 11) is 0. The van der Waals surface area contributed by atoms with Crippen LogP contribution in [-0.2, 0) is 9.53 Å². The van der Waals surface area contributed by atoms with Crippen molar-refractivity contribution in [3.8, 4) is 0 Å². The Balaban J connectivity index is 2.05. The van der Waals surface area contributed by atoms with E-state index in [0.29, 0.717) is 0 Å². The summed E-state index contributed by atoms with van der Waals surface area (Å²) in [5, 5.41) is 0. The third-order valence-electron chi connectivity index (χ3n) is 3.06. The Morgan fingerprint density at radius 3 is 2.61 bits per heavy atom. The molecule has 1 aromatic carbocycles. The molecule has 0 amide bonds. The second kappa shape index (κ2) is 5.32. The van der Waals surface area contributed by atoms with Crippen LogP contribution < -0.4 is 0 Å². The van der Waals surface area contributed by atoms with Gasteiger partial charge >= 0.3 is 0 Å². The van der Waals surface area contributed by atoms with Gasteiger partial charge in [0.05, 0.1) is 5.60 Å². The van der Waals surface area contributed by atoms with Gasteiger partial charge in [-0.1, -0.05) is 48.6 Å². The molecule has 0 N–H and O–H groups in total. The van der Waals surface area contributed by atoms with Crippen molar-refractivity contribution in [1.82, 2.24) is 0 Å². The fraction of sp³-hybridized carbons (Fsp3) is 0.312. The Labute approximate surface area is 108 Å². The molecule has 0 radical (unpaired) electrons. The van der Waals surface area contributed by atoms with Crippen molar-refractivity contribution in [2.24, 2.45) is 0 Å². The van der Waals surface area contributed by atoms with Gasteiger partial charge in [-0.05, 0) is 31.4 Å². The quantitative estimate of drug-likeness (QED) is 0.809. The van der Waals surface area contributed by atoms with Gasteiger partial charge in [0.25, 0.3) is 0 Å². The first-order chi connectivity index (χ1) is 8.59. The summed E-state index contributed by atoms with van der Waals surface area (Å²) in [5.41, 5.74) is 2.06. The molecular formula is C16H18O2. The van der Waals surface area contributed by atoms with Crippen LogP contribution in [0.1, 0.15) is 25.8 Å². The molecule has 1 atom stereocenters. The predicted molar refractivity (Wildman–Crippen MR) is 73.2 cm³/mol. The second-order valence-corrected chi connectivity index (χ2v) is 4.87. The third kappa shape index (κ3) is 3.17. The van der Waals surface area contributed by atoms with Gasteiger partial charge in [-0.2, -0.15) is 0 Å². The highest BCUT2D eigenvalue weighted by molar-refractivity contribution is 5.77. The second-order valence-electron chi connectivity index (χ2n) is 4.87. The lowest BCUT2D eigenvalue weighted by Gasteiger charge is -2.28. The zero-order chi connectivity index (χ0) is 13.0. The summed E-state index contributed by atoms with van der Waals surface area (Å²) < 4.78 is 5.64. The maximum Gasteiger partial charge on any atom is 0.155 e. The Hall–Kier alpha value is -1.67. The number of hydrogen-bond acceptors (Lipinski definition) is 2. The van der Waals surface area contributed by atoms with E-state index < -0.39 is 0 Å². The summed E-state index contributed by atoms with van der Waals surface area (Å²) in [4.78, 5) is 10.9. The van der Waals surface area contributed by atoms with Crippen LogP contribution in [0.4, 0.5) is 0 Å². The van der Waals surface area contributed by atoms with Crippen molar-refractivity contribution in [1.29, 1.82) is 0 Å². The van der Waals surface area contributed by atoms with E-state index in [4.69, 9.17) is 4.74 Å². The maximum absolute atomic E-state index is 10.9. The van der Waals surface area contributed by atoms with Crippen LogP contribution in [0.3, 0.4) is 0 Å². The zero-order valence-electron chi connectivity index (χ0n) is 10.8. The van der Waals surface area contributed by atoms with Crippen molar-refractivity contribution < 1.29 is 9.53 Å². The van der Waals surface area contributed by atoms with Crippen LogP contribution in [0.15, 0.2) is 48.6 Å². The highest BCUT2D eigenvalue weighted by atomic mass is 16.5. The lowest BCUT2D eigenvalue weighted by molar-refractivity contribution is -0.125. The maximum atomic E-state index is 10.9. The fourth-order valence-corrected chi connectivity index (χ4v) is 1.93. The summed E-state index contributed by atoms with van der Waals surface area (Å²) in [6, 6.07) is 10.3. The predicted octanol–water partition coefficient (Wildman–Crippen LogP) is 3.39. The summed E-state index contributed by atoms with van der Waals surface area (Å²) in [6.07, 6.45) is 7.06. The molecule has 0 fully saturated rings. The van der Waals surface area contributed by atoms with E-state index in [1.807, 2.05) is 31.2 Å². The molecule has 0 spiro atoms. The Bertz CT molecular complexity index is 485. The Morgan fingerprint density at radius 1 is 1.33 bits per heavy atom. The van der Waals surface area contributed by atoms with Crippen LogP contribution in [0, 0.1) is 0 Å². The van der Waals surface area contributed by atoms with Crippen LogP contribution in [-0.4, -0.2) is 18.0 Å². The first-order valence-electron chi connectivity index (χ1n) is 6.17. The molecule has 0 aliphatic heterocycles. The van der Waals surface area contributed by atoms with Gasteiger partial charge < -0.3 is 4.74 Å². The molecule has 18 heavy (non-hydrogen) atoms. The van der Waals surface area contributed by atoms with Crippen LogP contribution in [0.25, 0.3) is 5.57 Å². The van der Waals surface area contributed by atoms with Crippen LogP contribution in [0.2, 0.25) is 0 Å². The molecule has 2 heteroatoms. The van der Waals surface area contributed by atoms with Gasteiger partial charge in [-0.3, -0.25) is 4.79 Å². The first-order valence-corrected chi connectivity index (χ1v) is 6.17. The highest BCUT2D eigenvalue weighted by Crippen LogP contribution is 2.28. The molecule has 0 saturated carbocycles. The number of benzene rings is 1. The lowest BCUT2D eigenvalue weighted by atomic mass is 9.91. The normalized spacial score (nSPS) is 22.7. The van der Waals surface area contributed by atoms with E-state index in [2.05, 4.69) is 24.3 Å². The van der Waals surface area contributed by atoms with E-state index in [9.17, 15) is 4.79 Å². The van der Waals surface area contributed by atoms with Crippen molar-refractivity contribution in [3.05, 3.63) is 54.1 Å². The standard InChI is InChI=1S/C16H18O2/c1-13(17)12-18-16(2)10-8-15(9-11-16)14-6-4-3-5-7-14/h3-10H,11-12H2,1-2H3. The number of ether oxygens (including phenoxy) is 1. The first kappa shape index (κ1) is 12.8. The number of Topliss-reactive ketones (excluding diaryl/α,β-unsaturated/α-hetero) is 1. The molecule has 1 aromatic rings. The van der Waals surface area contributed by atoms with Gasteiger partial charge in [0.2, 0.25) is 0 Å². The summed E-state index contributed by atoms with van der Waals surface area (Å²) in [5.74, 6) is 0.0578. The largest absolute Gasteiger partial charge is 0.363 e. The van der Waals surface area contributed by atoms with Crippen molar-refractivity contribution in [2.75, 3.05) is 6.61 Å². The average Bonchev–Trinajstić information content (AvgIpc) is 2.39. The Kier molecular flexibility index (Phi) is 3.78. The van der Waals surface area contributed by atoms with Crippen molar-refractivity contribution >= 4 is 11.4 Å². The number of carbonyl (C=O) groups excluding carboxylic acids is 1. The van der Waals surface area contributed by atoms with Gasteiger partial charge in [-0.25, -0.2) is 0 Å². The minimum absolute atomic E-state index is 0.0578. The number of rotatable bonds is 4. The molecule has 0 saturated heterocycles. The number of allylic oxidation sites excluding steroid dienone is 2. The van der Waals surface area contributed by atoms with E-state index in [1.54, 1.807) is 6.92 Å². The summed E-state index contributed by atoms with van der Waals surface area (Å²) >= 11 is 0. The van der Waals surface area contributed by atoms with Crippen molar-refractivity contribution in [3.63, 3.8) is 0 Å². The van der Waals surface area contributed by atoms with E-state index in [0.717, 1.165) is 6.42 Å². The fourth-order valence-electron chi connectivity index (χ4n) is 1.93. The highest BCUT2D eigenvalue weighted by Gasteiger charge is 2.23. The minimum Gasteiger partial charge on any atom is -0.363 e. The molecule has 2 nitrogen and oxygen atoms in total. The third-order valence-corrected chi connectivity index (χ3v) is 3.06. The van der Waals surface area contributed by atoms with Gasteiger partial charge in [0.15, 0.2) is 5.78 Å². The smallest absolute Gasteiger partial charge is 0.155 e. The molecule has 94 valence electrons. The molecule has 1 aliphatic carbocycles. The average molecular weight is 242 g/mol. The zero-order valence-corrected chi connectivity index (χ0v) is 10.8. The molecule has 1 aliphatic rings. The minimum atomic E-state index is -0.357. The molecular weight excluding hydrogens is 224 g/mol. The van der Waals surface area contributed by atoms with Gasteiger partial charge in [-0.15, -0.1) is 0 Å². The molecule has 0 aromatic heterocycles. The van der Waals surface area contributed by atoms with Crippen LogP contribution in [0.5, 0.6) is 0 Å². The molecule has 0 heterocycles. The van der Waals surface area contributed by atoms with Crippen LogP contribution >= 0.6 is 0 Å². The SMILES string of the molecule is CC(=O)COC1(C)C=CC(c2ccccc2)=CC1. The lowest BCUT2D eigenvalue weighted by Crippen LogP contribution is -2.29. The van der Waals surface area contributed by atoms with Crippen molar-refractivity contribution in [2.45, 2.75) is 25.9 Å². The summed E-state index contributed by atoms with van der Waals surface area (Å²) in [6.45, 7) is 3.72. The van der Waals surface area contributed by atoms with Gasteiger partial charge in [0, 0.05) is 0 Å².